The maximum absolute atomic E-state index is 10.6. The summed E-state index contributed by atoms with van der Waals surface area (Å²) in [6, 6.07) is 16.9. The van der Waals surface area contributed by atoms with Crippen molar-refractivity contribution in [1.29, 1.82) is 0 Å². The van der Waals surface area contributed by atoms with Crippen LogP contribution in [0.25, 0.3) is 21.0 Å². The molecule has 14 heteroatoms. The molecule has 5 atom stereocenters. The van der Waals surface area contributed by atoms with E-state index in [2.05, 4.69) is 11.2 Å². The molecule has 0 amide bonds. The van der Waals surface area contributed by atoms with E-state index in [4.69, 9.17) is 39.8 Å². The molecule has 5 N–H and O–H groups in total. The Kier molecular flexibility index (Phi) is 11.8. The minimum atomic E-state index is -1.55. The molecule has 0 unspecified atom stereocenters. The Labute approximate surface area is 298 Å². The third-order valence-electron chi connectivity index (χ3n) is 8.43. The zero-order valence-electron chi connectivity index (χ0n) is 28.1. The zero-order valence-corrected chi connectivity index (χ0v) is 28.9. The fourth-order valence-electron chi connectivity index (χ4n) is 5.77. The minimum absolute atomic E-state index is 0.309. The molecular formula is C37H40N3O10S+. The average Bonchev–Trinajstić information content (AvgIpc) is 3.65. The fraction of sp³-hybridized carbons (Fsp3) is 0.351. The van der Waals surface area contributed by atoms with Gasteiger partial charge in [0.15, 0.2) is 11.5 Å². The lowest BCUT2D eigenvalue weighted by molar-refractivity contribution is -0.665. The number of nitrogens with one attached hydrogen (secondary N) is 1. The van der Waals surface area contributed by atoms with E-state index >= 15 is 0 Å². The van der Waals surface area contributed by atoms with E-state index < -0.39 is 37.3 Å². The van der Waals surface area contributed by atoms with Crippen molar-refractivity contribution in [2.75, 3.05) is 52.6 Å². The van der Waals surface area contributed by atoms with Gasteiger partial charge < -0.3 is 54.2 Å². The molecule has 0 bridgehead atoms. The summed E-state index contributed by atoms with van der Waals surface area (Å²) in [7, 11) is 3.22. The first-order valence-corrected chi connectivity index (χ1v) is 17.1. The number of aliphatic hydroxyl groups excluding tert-OH is 4. The number of aromatic nitrogens is 2. The minimum Gasteiger partial charge on any atom is -0.487 e. The second-order valence-electron chi connectivity index (χ2n) is 11.8. The summed E-state index contributed by atoms with van der Waals surface area (Å²) in [4.78, 5) is 4.82. The van der Waals surface area contributed by atoms with Gasteiger partial charge in [0, 0.05) is 53.3 Å². The molecule has 51 heavy (non-hydrogen) atoms. The van der Waals surface area contributed by atoms with Crippen LogP contribution in [0, 0.1) is 12.3 Å². The van der Waals surface area contributed by atoms with E-state index in [0.29, 0.717) is 56.0 Å². The maximum atomic E-state index is 10.6. The fourth-order valence-corrected chi connectivity index (χ4v) is 6.69. The van der Waals surface area contributed by atoms with Gasteiger partial charge in [-0.25, -0.2) is 4.57 Å². The van der Waals surface area contributed by atoms with Crippen molar-refractivity contribution in [1.82, 2.24) is 4.98 Å². The smallest absolute Gasteiger partial charge is 0.289 e. The third-order valence-corrected chi connectivity index (χ3v) is 9.42. The summed E-state index contributed by atoms with van der Waals surface area (Å²) in [5, 5.41) is 47.5. The van der Waals surface area contributed by atoms with Crippen LogP contribution in [-0.2, 0) is 20.8 Å². The van der Waals surface area contributed by atoms with Crippen LogP contribution in [0.3, 0.4) is 0 Å². The molecule has 6 rings (SSSR count). The first kappa shape index (κ1) is 36.2. The van der Waals surface area contributed by atoms with Gasteiger partial charge in [0.1, 0.15) is 55.4 Å². The van der Waals surface area contributed by atoms with Crippen LogP contribution in [0.5, 0.6) is 17.2 Å². The van der Waals surface area contributed by atoms with Gasteiger partial charge in [0.25, 0.3) is 12.1 Å². The second kappa shape index (κ2) is 16.6. The van der Waals surface area contributed by atoms with E-state index in [1.165, 1.54) is 11.3 Å². The van der Waals surface area contributed by atoms with Gasteiger partial charge >= 0.3 is 0 Å². The standard InChI is InChI=1S/C37H39N3O10S/c1-4-22-6-5-7-24(16-22)39-36-26-17-29(47-13-11-45-2)30(48-14-12-46-3)18-27(26)40(21-38-36)19-23-8-9-28(25-10-15-51-35(23)25)49-37-34(44)33(43)32(42)31(20-41)50-37/h1,5-10,15-18,21,31-34,37,41-44H,11-14,19-20H2,2-3H3/p+1/t31-,32+,33+,34-,37-/m1/s1. The number of rotatable bonds is 15. The van der Waals surface area contributed by atoms with Gasteiger partial charge in [0.05, 0.1) is 25.2 Å². The summed E-state index contributed by atoms with van der Waals surface area (Å²) in [6.07, 6.45) is 0.438. The molecule has 0 aliphatic carbocycles. The molecule has 13 nitrogen and oxygen atoms in total. The molecule has 1 aliphatic rings. The van der Waals surface area contributed by atoms with Gasteiger partial charge in [-0.2, -0.15) is 0 Å². The summed E-state index contributed by atoms with van der Waals surface area (Å²) in [5.41, 5.74) is 3.26. The maximum Gasteiger partial charge on any atom is 0.289 e. The van der Waals surface area contributed by atoms with Crippen molar-refractivity contribution in [2.45, 2.75) is 37.3 Å². The molecule has 268 valence electrons. The number of hydrogen-bond acceptors (Lipinski definition) is 13. The van der Waals surface area contributed by atoms with E-state index in [9.17, 15) is 20.4 Å². The van der Waals surface area contributed by atoms with Crippen LogP contribution in [0.4, 0.5) is 11.5 Å². The molecule has 5 aromatic rings. The first-order valence-electron chi connectivity index (χ1n) is 16.2. The Balaban J connectivity index is 1.38. The summed E-state index contributed by atoms with van der Waals surface area (Å²) in [6.45, 7) is 1.25. The van der Waals surface area contributed by atoms with Crippen molar-refractivity contribution >= 4 is 43.8 Å². The van der Waals surface area contributed by atoms with Crippen molar-refractivity contribution < 1.29 is 53.4 Å². The second-order valence-corrected chi connectivity index (χ2v) is 12.7. The van der Waals surface area contributed by atoms with Crippen LogP contribution in [-0.4, -0.2) is 103 Å². The van der Waals surface area contributed by atoms with Gasteiger partial charge in [0.2, 0.25) is 6.29 Å². The number of nitrogens with zero attached hydrogens (tertiary/aromatic N) is 2. The van der Waals surface area contributed by atoms with E-state index in [0.717, 1.165) is 37.8 Å². The lowest BCUT2D eigenvalue weighted by Crippen LogP contribution is -2.60. The van der Waals surface area contributed by atoms with Gasteiger partial charge in [-0.1, -0.05) is 12.0 Å². The number of benzene rings is 3. The number of methoxy groups -OCH3 is 2. The predicted molar refractivity (Wildman–Crippen MR) is 190 cm³/mol. The summed E-state index contributed by atoms with van der Waals surface area (Å²) >= 11 is 1.51. The quantitative estimate of drug-likeness (QED) is 0.0612. The highest BCUT2D eigenvalue weighted by molar-refractivity contribution is 7.17. The van der Waals surface area contributed by atoms with Gasteiger partial charge in [-0.15, -0.1) is 17.8 Å². The van der Waals surface area contributed by atoms with Crippen LogP contribution in [0.1, 0.15) is 11.1 Å². The Morgan fingerprint density at radius 1 is 0.902 bits per heavy atom. The molecule has 0 spiro atoms. The number of terminal acetylenes is 1. The lowest BCUT2D eigenvalue weighted by atomic mass is 9.99. The van der Waals surface area contributed by atoms with Crippen molar-refractivity contribution in [3.8, 4) is 29.6 Å². The monoisotopic (exact) mass is 718 g/mol. The van der Waals surface area contributed by atoms with E-state index in [1.807, 2.05) is 58.5 Å². The Morgan fingerprint density at radius 2 is 1.67 bits per heavy atom. The molecular weight excluding hydrogens is 678 g/mol. The number of thiophene rings is 1. The zero-order chi connectivity index (χ0) is 35.9. The molecule has 3 aromatic carbocycles. The highest BCUT2D eigenvalue weighted by atomic mass is 32.1. The van der Waals surface area contributed by atoms with Crippen LogP contribution >= 0.6 is 11.3 Å². The molecule has 3 heterocycles. The van der Waals surface area contributed by atoms with Crippen molar-refractivity contribution in [3.63, 3.8) is 0 Å². The number of ether oxygens (including phenoxy) is 6. The van der Waals surface area contributed by atoms with Crippen molar-refractivity contribution in [3.05, 3.63) is 77.4 Å². The Morgan fingerprint density at radius 3 is 2.39 bits per heavy atom. The molecule has 0 saturated carbocycles. The first-order chi connectivity index (χ1) is 24.8. The Hall–Kier alpha value is -4.56. The SMILES string of the molecule is C#Cc1cccc(Nc2nc[n+](Cc3ccc(O[C@@H]4O[C@H](CO)[C@H](O)[C@H](O)[C@H]4O)c4ccsc34)c3cc(OCCOC)c(OCCOC)cc23)c1. The summed E-state index contributed by atoms with van der Waals surface area (Å²) in [5.74, 6) is 4.71. The number of hydrogen-bond donors (Lipinski definition) is 5. The van der Waals surface area contributed by atoms with Crippen LogP contribution in [0.2, 0.25) is 0 Å². The number of fused-ring (bicyclic) bond motifs is 2. The molecule has 1 aliphatic heterocycles. The highest BCUT2D eigenvalue weighted by Gasteiger charge is 2.45. The number of anilines is 2. The molecule has 1 saturated heterocycles. The van der Waals surface area contributed by atoms with E-state index in [-0.39, 0.29) is 0 Å². The normalized spacial score (nSPS) is 20.3. The number of aliphatic hydroxyl groups is 4. The molecule has 1 fully saturated rings. The molecule has 2 aromatic heterocycles. The van der Waals surface area contributed by atoms with Gasteiger partial charge in [-0.3, -0.25) is 0 Å². The highest BCUT2D eigenvalue weighted by Crippen LogP contribution is 2.37. The topological polar surface area (TPSA) is 165 Å². The lowest BCUT2D eigenvalue weighted by Gasteiger charge is -2.39. The third kappa shape index (κ3) is 8.01. The van der Waals surface area contributed by atoms with Crippen LogP contribution in [0.15, 0.2) is 66.3 Å². The van der Waals surface area contributed by atoms with Crippen LogP contribution < -0.4 is 24.1 Å². The molecule has 0 radical (unpaired) electrons. The van der Waals surface area contributed by atoms with Crippen molar-refractivity contribution in [2.24, 2.45) is 0 Å². The Bertz CT molecular complexity index is 2000. The van der Waals surface area contributed by atoms with E-state index in [1.54, 1.807) is 26.6 Å². The average molecular weight is 719 g/mol. The largest absolute Gasteiger partial charge is 0.487 e. The summed E-state index contributed by atoms with van der Waals surface area (Å²) < 4.78 is 37.2. The van der Waals surface area contributed by atoms with Gasteiger partial charge in [-0.05, 0) is 46.8 Å². The predicted octanol–water partition coefficient (Wildman–Crippen LogP) is 2.74.